The smallest absolute Gasteiger partial charge is 0.265 e. The predicted octanol–water partition coefficient (Wildman–Crippen LogP) is 2.63. The molecule has 3 N–H and O–H groups in total. The van der Waals surface area contributed by atoms with Gasteiger partial charge in [0.1, 0.15) is 11.3 Å². The molecule has 0 saturated heterocycles. The minimum atomic E-state index is -0.668. The number of aromatic nitrogens is 1. The first-order valence-electron chi connectivity index (χ1n) is 7.33. The molecule has 3 aromatic rings. The Bertz CT molecular complexity index is 948. The van der Waals surface area contributed by atoms with Crippen LogP contribution in [-0.4, -0.2) is 23.1 Å². The molecular weight excluding hydrogens is 308 g/mol. The highest BCUT2D eigenvalue weighted by Gasteiger charge is 2.19. The molecule has 0 aliphatic carbocycles. The van der Waals surface area contributed by atoms with Crippen molar-refractivity contribution in [1.29, 1.82) is 0 Å². The number of fused-ring (bicyclic) bond motifs is 1. The zero-order valence-corrected chi connectivity index (χ0v) is 13.0. The first-order valence-corrected chi connectivity index (χ1v) is 7.33. The zero-order chi connectivity index (χ0) is 17.1. The fourth-order valence-electron chi connectivity index (χ4n) is 2.51. The molecule has 1 heterocycles. The fourth-order valence-corrected chi connectivity index (χ4v) is 2.51. The van der Waals surface area contributed by atoms with Crippen LogP contribution in [0.1, 0.15) is 15.9 Å². The molecule has 3 rings (SSSR count). The number of anilines is 1. The minimum Gasteiger partial charge on any atom is -0.506 e. The van der Waals surface area contributed by atoms with Crippen LogP contribution >= 0.6 is 0 Å². The molecule has 2 aromatic carbocycles. The number of amides is 1. The monoisotopic (exact) mass is 324 g/mol. The number of para-hydroxylation sites is 1. The number of aromatic amines is 1. The van der Waals surface area contributed by atoms with Crippen LogP contribution in [0.4, 0.5) is 5.69 Å². The summed E-state index contributed by atoms with van der Waals surface area (Å²) in [6.45, 7) is 0.361. The van der Waals surface area contributed by atoms with Gasteiger partial charge in [0.2, 0.25) is 0 Å². The van der Waals surface area contributed by atoms with Crippen LogP contribution in [0.25, 0.3) is 10.9 Å². The molecule has 0 saturated carbocycles. The van der Waals surface area contributed by atoms with Gasteiger partial charge in [-0.25, -0.2) is 0 Å². The summed E-state index contributed by atoms with van der Waals surface area (Å²) in [6, 6.07) is 13.9. The van der Waals surface area contributed by atoms with Crippen LogP contribution in [0, 0.1) is 0 Å². The van der Waals surface area contributed by atoms with Crippen molar-refractivity contribution >= 4 is 22.5 Å². The number of hydrogen-bond acceptors (Lipinski definition) is 4. The maximum absolute atomic E-state index is 12.4. The van der Waals surface area contributed by atoms with E-state index >= 15 is 0 Å². The number of nitrogens with one attached hydrogen (secondary N) is 2. The van der Waals surface area contributed by atoms with Crippen LogP contribution in [0.3, 0.4) is 0 Å². The number of H-pyrrole nitrogens is 1. The molecule has 0 spiro atoms. The van der Waals surface area contributed by atoms with Crippen molar-refractivity contribution in [2.24, 2.45) is 0 Å². The van der Waals surface area contributed by atoms with E-state index < -0.39 is 11.5 Å². The zero-order valence-electron chi connectivity index (χ0n) is 13.0. The summed E-state index contributed by atoms with van der Waals surface area (Å²) in [7, 11) is 1.57. The summed E-state index contributed by atoms with van der Waals surface area (Å²) in [5.41, 5.74) is 0.846. The van der Waals surface area contributed by atoms with Gasteiger partial charge in [-0.1, -0.05) is 24.3 Å². The summed E-state index contributed by atoms with van der Waals surface area (Å²) >= 11 is 0. The Morgan fingerprint density at radius 2 is 1.96 bits per heavy atom. The second-order valence-corrected chi connectivity index (χ2v) is 5.31. The molecular formula is C18H16N2O4. The molecule has 0 aliphatic rings. The normalized spacial score (nSPS) is 10.7. The lowest BCUT2D eigenvalue weighted by Gasteiger charge is -2.09. The van der Waals surface area contributed by atoms with Gasteiger partial charge in [-0.05, 0) is 29.8 Å². The standard InChI is InChI=1S/C18H16N2O4/c1-24-10-11-7-8-14-13(9-11)16(21)15(18(23)20-14)17(22)19-12-5-3-2-4-6-12/h2-9H,10H2,1H3,(H,19,22)(H2,20,21,23). The Balaban J connectivity index is 2.06. The maximum atomic E-state index is 12.4. The molecule has 0 bridgehead atoms. The Kier molecular flexibility index (Phi) is 4.31. The van der Waals surface area contributed by atoms with E-state index in [1.165, 1.54) is 0 Å². The Morgan fingerprint density at radius 1 is 1.21 bits per heavy atom. The molecule has 122 valence electrons. The molecule has 1 amide bonds. The van der Waals surface area contributed by atoms with Gasteiger partial charge in [0.15, 0.2) is 0 Å². The van der Waals surface area contributed by atoms with Crippen molar-refractivity contribution in [2.45, 2.75) is 6.61 Å². The van der Waals surface area contributed by atoms with Crippen molar-refractivity contribution in [3.05, 3.63) is 70.0 Å². The van der Waals surface area contributed by atoms with Crippen LogP contribution in [-0.2, 0) is 11.3 Å². The highest BCUT2D eigenvalue weighted by atomic mass is 16.5. The predicted molar refractivity (Wildman–Crippen MR) is 91.3 cm³/mol. The topological polar surface area (TPSA) is 91.4 Å². The van der Waals surface area contributed by atoms with Crippen LogP contribution < -0.4 is 10.9 Å². The molecule has 0 aliphatic heterocycles. The van der Waals surface area contributed by atoms with E-state index in [-0.39, 0.29) is 11.3 Å². The third kappa shape index (κ3) is 3.00. The summed E-state index contributed by atoms with van der Waals surface area (Å²) in [5, 5.41) is 13.4. The second kappa shape index (κ2) is 6.55. The largest absolute Gasteiger partial charge is 0.506 e. The van der Waals surface area contributed by atoms with E-state index in [9.17, 15) is 14.7 Å². The molecule has 0 radical (unpaired) electrons. The van der Waals surface area contributed by atoms with Crippen molar-refractivity contribution in [2.75, 3.05) is 12.4 Å². The SMILES string of the molecule is COCc1ccc2[nH]c(=O)c(C(=O)Nc3ccccc3)c(O)c2c1. The van der Waals surface area contributed by atoms with Crippen molar-refractivity contribution in [1.82, 2.24) is 4.98 Å². The summed E-state index contributed by atoms with van der Waals surface area (Å²) in [4.78, 5) is 27.2. The molecule has 6 nitrogen and oxygen atoms in total. The first kappa shape index (κ1) is 15.8. The third-order valence-corrected chi connectivity index (χ3v) is 3.62. The quantitative estimate of drug-likeness (QED) is 0.688. The Morgan fingerprint density at radius 3 is 2.67 bits per heavy atom. The van der Waals surface area contributed by atoms with Crippen LogP contribution in [0.5, 0.6) is 5.75 Å². The first-order chi connectivity index (χ1) is 11.6. The maximum Gasteiger partial charge on any atom is 0.265 e. The lowest BCUT2D eigenvalue weighted by molar-refractivity contribution is 0.102. The van der Waals surface area contributed by atoms with E-state index in [1.54, 1.807) is 49.6 Å². The average Bonchev–Trinajstić information content (AvgIpc) is 2.57. The van der Waals surface area contributed by atoms with Gasteiger partial charge in [-0.15, -0.1) is 0 Å². The van der Waals surface area contributed by atoms with E-state index in [4.69, 9.17) is 4.74 Å². The van der Waals surface area contributed by atoms with Gasteiger partial charge in [0, 0.05) is 18.2 Å². The summed E-state index contributed by atoms with van der Waals surface area (Å²) < 4.78 is 5.06. The number of aromatic hydroxyl groups is 1. The molecule has 0 fully saturated rings. The third-order valence-electron chi connectivity index (χ3n) is 3.62. The van der Waals surface area contributed by atoms with Gasteiger partial charge in [-0.3, -0.25) is 9.59 Å². The van der Waals surface area contributed by atoms with E-state index in [1.807, 2.05) is 6.07 Å². The molecule has 6 heteroatoms. The number of pyridine rings is 1. The van der Waals surface area contributed by atoms with Crippen molar-refractivity contribution in [3.8, 4) is 5.75 Å². The van der Waals surface area contributed by atoms with Gasteiger partial charge in [-0.2, -0.15) is 0 Å². The van der Waals surface area contributed by atoms with Gasteiger partial charge in [0.05, 0.1) is 12.1 Å². The lowest BCUT2D eigenvalue weighted by atomic mass is 10.1. The molecule has 1 aromatic heterocycles. The Hall–Kier alpha value is -3.12. The van der Waals surface area contributed by atoms with E-state index in [0.29, 0.717) is 23.2 Å². The summed E-state index contributed by atoms with van der Waals surface area (Å²) in [5.74, 6) is -1.01. The van der Waals surface area contributed by atoms with Crippen molar-refractivity contribution in [3.63, 3.8) is 0 Å². The highest BCUT2D eigenvalue weighted by Crippen LogP contribution is 2.26. The Labute approximate surface area is 137 Å². The van der Waals surface area contributed by atoms with E-state index in [0.717, 1.165) is 5.56 Å². The number of rotatable bonds is 4. The van der Waals surface area contributed by atoms with Crippen LogP contribution in [0.2, 0.25) is 0 Å². The molecule has 0 unspecified atom stereocenters. The minimum absolute atomic E-state index is 0.319. The average molecular weight is 324 g/mol. The van der Waals surface area contributed by atoms with Gasteiger partial charge >= 0.3 is 0 Å². The number of carbonyl (C=O) groups is 1. The second-order valence-electron chi connectivity index (χ2n) is 5.31. The number of carbonyl (C=O) groups excluding carboxylic acids is 1. The van der Waals surface area contributed by atoms with Crippen molar-refractivity contribution < 1.29 is 14.6 Å². The fraction of sp³-hybridized carbons (Fsp3) is 0.111. The van der Waals surface area contributed by atoms with Gasteiger partial charge < -0.3 is 20.1 Å². The summed E-state index contributed by atoms with van der Waals surface area (Å²) in [6.07, 6.45) is 0. The van der Waals surface area contributed by atoms with Gasteiger partial charge in [0.25, 0.3) is 11.5 Å². The molecule has 24 heavy (non-hydrogen) atoms. The number of benzene rings is 2. The number of hydrogen-bond donors (Lipinski definition) is 3. The number of ether oxygens (including phenoxy) is 1. The lowest BCUT2D eigenvalue weighted by Crippen LogP contribution is -2.23. The van der Waals surface area contributed by atoms with Crippen LogP contribution in [0.15, 0.2) is 53.3 Å². The highest BCUT2D eigenvalue weighted by molar-refractivity contribution is 6.08. The number of methoxy groups -OCH3 is 1. The molecule has 0 atom stereocenters. The van der Waals surface area contributed by atoms with E-state index in [2.05, 4.69) is 10.3 Å².